The molecule has 0 amide bonds. The Bertz CT molecular complexity index is 613. The van der Waals surface area contributed by atoms with Crippen molar-refractivity contribution in [3.05, 3.63) is 30.1 Å². The molecule has 0 saturated carbocycles. The molecule has 0 aliphatic heterocycles. The number of thioether (sulfide) groups is 1. The van der Waals surface area contributed by atoms with Crippen LogP contribution in [-0.2, 0) is 0 Å². The average Bonchev–Trinajstić information content (AvgIpc) is 2.38. The lowest BCUT2D eigenvalue weighted by Gasteiger charge is -2.23. The minimum absolute atomic E-state index is 0.494. The van der Waals surface area contributed by atoms with Crippen LogP contribution in [0.2, 0.25) is 0 Å². The first-order valence-corrected chi connectivity index (χ1v) is 7.92. The SMILES string of the molecule is CSCC(C)(O)CNc1ccc(N)c2cnc(C)cc12. The second-order valence-corrected chi connectivity index (χ2v) is 6.22. The van der Waals surface area contributed by atoms with Crippen molar-refractivity contribution in [1.29, 1.82) is 0 Å². The van der Waals surface area contributed by atoms with E-state index in [2.05, 4.69) is 10.3 Å². The number of nitrogens with one attached hydrogen (secondary N) is 1. The van der Waals surface area contributed by atoms with Crippen molar-refractivity contribution in [2.24, 2.45) is 0 Å². The summed E-state index contributed by atoms with van der Waals surface area (Å²) in [4.78, 5) is 4.29. The first kappa shape index (κ1) is 14.9. The molecule has 1 unspecified atom stereocenters. The number of hydrogen-bond acceptors (Lipinski definition) is 5. The Morgan fingerprint density at radius 2 is 2.15 bits per heavy atom. The molecule has 5 heteroatoms. The number of nitrogen functional groups attached to an aromatic ring is 1. The van der Waals surface area contributed by atoms with Crippen molar-refractivity contribution < 1.29 is 5.11 Å². The minimum atomic E-state index is -0.741. The van der Waals surface area contributed by atoms with Crippen LogP contribution in [-0.4, -0.2) is 34.2 Å². The number of aromatic nitrogens is 1. The van der Waals surface area contributed by atoms with Crippen LogP contribution in [0.1, 0.15) is 12.6 Å². The van der Waals surface area contributed by atoms with E-state index < -0.39 is 5.60 Å². The highest BCUT2D eigenvalue weighted by Gasteiger charge is 2.19. The van der Waals surface area contributed by atoms with Crippen molar-refractivity contribution in [3.63, 3.8) is 0 Å². The van der Waals surface area contributed by atoms with Crippen molar-refractivity contribution in [2.75, 3.05) is 29.6 Å². The molecule has 108 valence electrons. The Balaban J connectivity index is 2.31. The molecule has 0 aliphatic carbocycles. The summed E-state index contributed by atoms with van der Waals surface area (Å²) < 4.78 is 0. The number of anilines is 2. The summed E-state index contributed by atoms with van der Waals surface area (Å²) in [6, 6.07) is 5.83. The number of fused-ring (bicyclic) bond motifs is 1. The van der Waals surface area contributed by atoms with Gasteiger partial charge in [0.1, 0.15) is 0 Å². The van der Waals surface area contributed by atoms with Gasteiger partial charge >= 0.3 is 0 Å². The molecule has 4 nitrogen and oxygen atoms in total. The Hall–Kier alpha value is -1.46. The van der Waals surface area contributed by atoms with Gasteiger partial charge in [0.2, 0.25) is 0 Å². The molecule has 1 heterocycles. The molecule has 0 saturated heterocycles. The van der Waals surface area contributed by atoms with Crippen LogP contribution in [0.5, 0.6) is 0 Å². The number of nitrogens with two attached hydrogens (primary N) is 1. The Kier molecular flexibility index (Phi) is 4.40. The first-order chi connectivity index (χ1) is 9.43. The van der Waals surface area contributed by atoms with Crippen LogP contribution in [0, 0.1) is 6.92 Å². The van der Waals surface area contributed by atoms with Gasteiger partial charge in [-0.15, -0.1) is 0 Å². The number of pyridine rings is 1. The monoisotopic (exact) mass is 291 g/mol. The number of aliphatic hydroxyl groups is 1. The van der Waals surface area contributed by atoms with Crippen LogP contribution < -0.4 is 11.1 Å². The maximum Gasteiger partial charge on any atom is 0.0880 e. The fourth-order valence-electron chi connectivity index (χ4n) is 2.17. The standard InChI is InChI=1S/C15H21N3OS/c1-10-6-11-12(7-17-10)13(16)4-5-14(11)18-8-15(2,19)9-20-3/h4-7,18-19H,8-9,16H2,1-3H3. The molecule has 0 aliphatic rings. The number of nitrogens with zero attached hydrogens (tertiary/aromatic N) is 1. The number of benzene rings is 1. The van der Waals surface area contributed by atoms with Gasteiger partial charge in [-0.2, -0.15) is 11.8 Å². The van der Waals surface area contributed by atoms with Crippen LogP contribution in [0.15, 0.2) is 24.4 Å². The lowest BCUT2D eigenvalue weighted by Crippen LogP contribution is -2.36. The van der Waals surface area contributed by atoms with Gasteiger partial charge in [-0.3, -0.25) is 4.98 Å². The molecular formula is C15H21N3OS. The van der Waals surface area contributed by atoms with Gasteiger partial charge in [-0.1, -0.05) is 0 Å². The topological polar surface area (TPSA) is 71.2 Å². The van der Waals surface area contributed by atoms with Crippen LogP contribution in [0.3, 0.4) is 0 Å². The molecule has 0 fully saturated rings. The van der Waals surface area contributed by atoms with E-state index in [1.54, 1.807) is 18.0 Å². The first-order valence-electron chi connectivity index (χ1n) is 6.53. The van der Waals surface area contributed by atoms with E-state index in [1.807, 2.05) is 38.3 Å². The molecule has 0 radical (unpaired) electrons. The lowest BCUT2D eigenvalue weighted by molar-refractivity contribution is 0.0997. The molecule has 1 aromatic carbocycles. The third-order valence-electron chi connectivity index (χ3n) is 3.19. The Morgan fingerprint density at radius 1 is 1.40 bits per heavy atom. The maximum atomic E-state index is 10.2. The highest BCUT2D eigenvalue weighted by Crippen LogP contribution is 2.28. The molecule has 1 atom stereocenters. The summed E-state index contributed by atoms with van der Waals surface area (Å²) in [7, 11) is 0. The van der Waals surface area contributed by atoms with Crippen LogP contribution >= 0.6 is 11.8 Å². The number of hydrogen-bond donors (Lipinski definition) is 3. The summed E-state index contributed by atoms with van der Waals surface area (Å²) in [5.41, 5.74) is 7.88. The third kappa shape index (κ3) is 3.35. The van der Waals surface area contributed by atoms with E-state index in [1.165, 1.54) is 0 Å². The molecular weight excluding hydrogens is 270 g/mol. The van der Waals surface area contributed by atoms with Gasteiger partial charge < -0.3 is 16.2 Å². The van der Waals surface area contributed by atoms with Gasteiger partial charge in [0.25, 0.3) is 0 Å². The second-order valence-electron chi connectivity index (χ2n) is 5.36. The van der Waals surface area contributed by atoms with Crippen LogP contribution in [0.4, 0.5) is 11.4 Å². The zero-order valence-corrected chi connectivity index (χ0v) is 12.9. The van der Waals surface area contributed by atoms with Crippen molar-refractivity contribution in [3.8, 4) is 0 Å². The van der Waals surface area contributed by atoms with Crippen molar-refractivity contribution in [1.82, 2.24) is 4.98 Å². The summed E-state index contributed by atoms with van der Waals surface area (Å²) in [5.74, 6) is 0.688. The average molecular weight is 291 g/mol. The van der Waals surface area contributed by atoms with E-state index in [4.69, 9.17) is 5.73 Å². The van der Waals surface area contributed by atoms with E-state index in [0.29, 0.717) is 18.0 Å². The van der Waals surface area contributed by atoms with Crippen molar-refractivity contribution in [2.45, 2.75) is 19.4 Å². The molecule has 0 bridgehead atoms. The van der Waals surface area contributed by atoms with Gasteiger partial charge in [0, 0.05) is 46.3 Å². The van der Waals surface area contributed by atoms with E-state index in [9.17, 15) is 5.11 Å². The molecule has 1 aromatic heterocycles. The van der Waals surface area contributed by atoms with E-state index >= 15 is 0 Å². The largest absolute Gasteiger partial charge is 0.398 e. The molecule has 0 spiro atoms. The van der Waals surface area contributed by atoms with Gasteiger partial charge in [-0.05, 0) is 38.3 Å². The molecule has 4 N–H and O–H groups in total. The summed E-state index contributed by atoms with van der Waals surface area (Å²) in [6.45, 7) is 4.29. The van der Waals surface area contributed by atoms with Gasteiger partial charge in [0.05, 0.1) is 5.60 Å². The fourth-order valence-corrected chi connectivity index (χ4v) is 2.89. The normalized spacial score (nSPS) is 14.2. The van der Waals surface area contributed by atoms with Gasteiger partial charge in [-0.25, -0.2) is 0 Å². The minimum Gasteiger partial charge on any atom is -0.398 e. The second kappa shape index (κ2) is 5.89. The molecule has 20 heavy (non-hydrogen) atoms. The number of rotatable bonds is 5. The highest BCUT2D eigenvalue weighted by atomic mass is 32.2. The fraction of sp³-hybridized carbons (Fsp3) is 0.400. The van der Waals surface area contributed by atoms with Crippen LogP contribution in [0.25, 0.3) is 10.8 Å². The summed E-state index contributed by atoms with van der Waals surface area (Å²) in [5, 5.41) is 15.5. The zero-order chi connectivity index (χ0) is 14.8. The quantitative estimate of drug-likeness (QED) is 0.739. The predicted molar refractivity (Wildman–Crippen MR) is 88.4 cm³/mol. The van der Waals surface area contributed by atoms with Gasteiger partial charge in [0.15, 0.2) is 0 Å². The summed E-state index contributed by atoms with van der Waals surface area (Å²) in [6.07, 6.45) is 3.79. The highest BCUT2D eigenvalue weighted by molar-refractivity contribution is 7.98. The molecule has 2 aromatic rings. The lowest BCUT2D eigenvalue weighted by atomic mass is 10.1. The maximum absolute atomic E-state index is 10.2. The third-order valence-corrected chi connectivity index (χ3v) is 4.10. The Morgan fingerprint density at radius 3 is 2.85 bits per heavy atom. The Labute approximate surface area is 123 Å². The zero-order valence-electron chi connectivity index (χ0n) is 12.1. The summed E-state index contributed by atoms with van der Waals surface area (Å²) >= 11 is 1.63. The van der Waals surface area contributed by atoms with Crippen molar-refractivity contribution >= 4 is 33.9 Å². The van der Waals surface area contributed by atoms with E-state index in [-0.39, 0.29) is 0 Å². The smallest absolute Gasteiger partial charge is 0.0880 e. The number of aryl methyl sites for hydroxylation is 1. The molecule has 2 rings (SSSR count). The predicted octanol–water partition coefficient (Wildman–Crippen LogP) is 2.65. The van der Waals surface area contributed by atoms with E-state index in [0.717, 1.165) is 22.2 Å².